The number of ether oxygens (including phenoxy) is 1. The van der Waals surface area contributed by atoms with Gasteiger partial charge in [0.15, 0.2) is 0 Å². The molecule has 3 saturated heterocycles. The number of hydrogen-bond donors (Lipinski definition) is 0. The summed E-state index contributed by atoms with van der Waals surface area (Å²) in [4.78, 5) is 17.2. The van der Waals surface area contributed by atoms with Gasteiger partial charge in [0.05, 0.1) is 18.2 Å². The topological polar surface area (TPSA) is 32.8 Å². The summed E-state index contributed by atoms with van der Waals surface area (Å²) >= 11 is 6.20. The first kappa shape index (κ1) is 16.4. The number of aryl methyl sites for hydroxylation is 1. The molecule has 0 N–H and O–H groups in total. The quantitative estimate of drug-likeness (QED) is 0.842. The lowest BCUT2D eigenvalue weighted by molar-refractivity contribution is 0.00256. The van der Waals surface area contributed by atoms with Gasteiger partial charge in [-0.2, -0.15) is 0 Å². The Bertz CT molecular complexity index is 677. The Kier molecular flexibility index (Phi) is 3.90. The van der Waals surface area contributed by atoms with Gasteiger partial charge in [0, 0.05) is 35.5 Å². The van der Waals surface area contributed by atoms with Crippen molar-refractivity contribution >= 4 is 17.5 Å². The summed E-state index contributed by atoms with van der Waals surface area (Å²) in [6.45, 7) is 4.52. The molecule has 3 aliphatic rings. The molecule has 24 heavy (non-hydrogen) atoms. The monoisotopic (exact) mass is 348 g/mol. The average molecular weight is 349 g/mol. The molecule has 0 radical (unpaired) electrons. The highest BCUT2D eigenvalue weighted by Crippen LogP contribution is 2.55. The van der Waals surface area contributed by atoms with Crippen LogP contribution in [0.5, 0.6) is 0 Å². The minimum absolute atomic E-state index is 0.0799. The van der Waals surface area contributed by atoms with Crippen molar-refractivity contribution < 1.29 is 9.53 Å². The summed E-state index contributed by atoms with van der Waals surface area (Å²) in [6, 6.07) is 5.59. The molecule has 2 bridgehead atoms. The van der Waals surface area contributed by atoms with E-state index in [2.05, 4.69) is 19.0 Å². The largest absolute Gasteiger partial charge is 0.369 e. The van der Waals surface area contributed by atoms with Crippen LogP contribution in [0, 0.1) is 18.8 Å². The van der Waals surface area contributed by atoms with Crippen LogP contribution in [0.15, 0.2) is 18.2 Å². The second-order valence-electron chi connectivity index (χ2n) is 7.94. The summed E-state index contributed by atoms with van der Waals surface area (Å²) in [6.07, 6.45) is 2.60. The molecule has 4 nitrogen and oxygen atoms in total. The van der Waals surface area contributed by atoms with Crippen molar-refractivity contribution in [2.75, 3.05) is 33.7 Å². The van der Waals surface area contributed by atoms with Gasteiger partial charge in [0.25, 0.3) is 5.91 Å². The standard InChI is InChI=1S/C19H25ClN2O2/c1-12-4-5-13(8-16(12)20)18(23)22-10-15-14(9-21(2)3)17-6-7-19(15,11-22)24-17/h4-5,8,14-15,17H,6-7,9-11H2,1-3H3/t14-,15+,17+,19+/m0/s1. The zero-order valence-corrected chi connectivity index (χ0v) is 15.3. The van der Waals surface area contributed by atoms with Crippen LogP contribution in [-0.4, -0.2) is 61.1 Å². The molecule has 1 aromatic rings. The van der Waals surface area contributed by atoms with E-state index < -0.39 is 0 Å². The smallest absolute Gasteiger partial charge is 0.254 e. The number of benzene rings is 1. The Labute approximate surface area is 148 Å². The van der Waals surface area contributed by atoms with E-state index in [4.69, 9.17) is 16.3 Å². The number of carbonyl (C=O) groups excluding carboxylic acids is 1. The van der Waals surface area contributed by atoms with Gasteiger partial charge < -0.3 is 14.5 Å². The normalized spacial score (nSPS) is 34.2. The zero-order valence-electron chi connectivity index (χ0n) is 14.6. The number of likely N-dealkylation sites (tertiary alicyclic amines) is 1. The van der Waals surface area contributed by atoms with E-state index in [0.717, 1.165) is 38.0 Å². The zero-order chi connectivity index (χ0) is 17.1. The molecule has 130 valence electrons. The van der Waals surface area contributed by atoms with Crippen LogP contribution >= 0.6 is 11.6 Å². The van der Waals surface area contributed by atoms with Gasteiger partial charge in [0.1, 0.15) is 0 Å². The van der Waals surface area contributed by atoms with E-state index in [1.807, 2.05) is 24.0 Å². The molecule has 4 rings (SSSR count). The van der Waals surface area contributed by atoms with Gasteiger partial charge >= 0.3 is 0 Å². The molecule has 0 aliphatic carbocycles. The molecule has 1 aromatic carbocycles. The third-order valence-electron chi connectivity index (χ3n) is 6.07. The minimum Gasteiger partial charge on any atom is -0.369 e. The molecule has 1 amide bonds. The van der Waals surface area contributed by atoms with Crippen LogP contribution in [0.25, 0.3) is 0 Å². The lowest BCUT2D eigenvalue weighted by atomic mass is 9.73. The molecule has 1 spiro atoms. The van der Waals surface area contributed by atoms with Gasteiger partial charge in [-0.3, -0.25) is 4.79 Å². The third kappa shape index (κ3) is 2.47. The van der Waals surface area contributed by atoms with Crippen LogP contribution in [-0.2, 0) is 4.74 Å². The fourth-order valence-corrected chi connectivity index (χ4v) is 5.10. The summed E-state index contributed by atoms with van der Waals surface area (Å²) in [7, 11) is 4.23. The van der Waals surface area contributed by atoms with E-state index >= 15 is 0 Å². The highest BCUT2D eigenvalue weighted by atomic mass is 35.5. The fraction of sp³-hybridized carbons (Fsp3) is 0.632. The number of carbonyl (C=O) groups is 1. The van der Waals surface area contributed by atoms with Crippen LogP contribution < -0.4 is 0 Å². The molecule has 3 heterocycles. The lowest BCUT2D eigenvalue weighted by Crippen LogP contribution is -2.40. The van der Waals surface area contributed by atoms with E-state index in [0.29, 0.717) is 28.5 Å². The van der Waals surface area contributed by atoms with E-state index in [-0.39, 0.29) is 11.5 Å². The Balaban J connectivity index is 1.55. The molecule has 0 saturated carbocycles. The average Bonchev–Trinajstić information content (AvgIpc) is 3.18. The van der Waals surface area contributed by atoms with Crippen molar-refractivity contribution in [3.63, 3.8) is 0 Å². The predicted octanol–water partition coefficient (Wildman–Crippen LogP) is 2.83. The fourth-order valence-electron chi connectivity index (χ4n) is 4.92. The summed E-state index contributed by atoms with van der Waals surface area (Å²) in [5, 5.41) is 0.654. The van der Waals surface area contributed by atoms with Crippen LogP contribution in [0.2, 0.25) is 5.02 Å². The SMILES string of the molecule is Cc1ccc(C(=O)N2C[C@@H]3[C@H](CN(C)C)[C@H]4CC[C@]3(C2)O4)cc1Cl. The van der Waals surface area contributed by atoms with Crippen LogP contribution in [0.3, 0.4) is 0 Å². The van der Waals surface area contributed by atoms with Crippen LogP contribution in [0.1, 0.15) is 28.8 Å². The molecular weight excluding hydrogens is 324 g/mol. The summed E-state index contributed by atoms with van der Waals surface area (Å²) in [5.41, 5.74) is 1.58. The second-order valence-corrected chi connectivity index (χ2v) is 8.35. The molecule has 3 fully saturated rings. The van der Waals surface area contributed by atoms with Gasteiger partial charge in [-0.05, 0) is 51.6 Å². The maximum atomic E-state index is 12.9. The van der Waals surface area contributed by atoms with Gasteiger partial charge in [0.2, 0.25) is 0 Å². The minimum atomic E-state index is -0.102. The molecule has 3 aliphatic heterocycles. The Morgan fingerprint density at radius 1 is 1.46 bits per heavy atom. The number of halogens is 1. The summed E-state index contributed by atoms with van der Waals surface area (Å²) in [5.74, 6) is 1.08. The Morgan fingerprint density at radius 2 is 2.25 bits per heavy atom. The van der Waals surface area contributed by atoms with Crippen molar-refractivity contribution in [2.45, 2.75) is 31.5 Å². The molecule has 4 atom stereocenters. The number of amides is 1. The Morgan fingerprint density at radius 3 is 2.96 bits per heavy atom. The number of rotatable bonds is 3. The highest BCUT2D eigenvalue weighted by molar-refractivity contribution is 6.31. The lowest BCUT2D eigenvalue weighted by Gasteiger charge is -2.30. The highest BCUT2D eigenvalue weighted by Gasteiger charge is 2.63. The number of fused-ring (bicyclic) bond motifs is 1. The maximum Gasteiger partial charge on any atom is 0.254 e. The number of nitrogens with zero attached hydrogens (tertiary/aromatic N) is 2. The second kappa shape index (κ2) is 5.72. The molecular formula is C19H25ClN2O2. The first-order valence-corrected chi connectivity index (χ1v) is 9.15. The van der Waals surface area contributed by atoms with E-state index in [9.17, 15) is 4.79 Å². The van der Waals surface area contributed by atoms with Gasteiger partial charge in [-0.25, -0.2) is 0 Å². The third-order valence-corrected chi connectivity index (χ3v) is 6.47. The van der Waals surface area contributed by atoms with Crippen molar-refractivity contribution in [1.29, 1.82) is 0 Å². The first-order chi connectivity index (χ1) is 11.4. The van der Waals surface area contributed by atoms with Crippen LogP contribution in [0.4, 0.5) is 0 Å². The van der Waals surface area contributed by atoms with Gasteiger partial charge in [-0.15, -0.1) is 0 Å². The van der Waals surface area contributed by atoms with Crippen molar-refractivity contribution in [3.8, 4) is 0 Å². The van der Waals surface area contributed by atoms with Crippen molar-refractivity contribution in [3.05, 3.63) is 34.3 Å². The maximum absolute atomic E-state index is 12.9. The number of hydrogen-bond acceptors (Lipinski definition) is 3. The Hall–Kier alpha value is -1.10. The van der Waals surface area contributed by atoms with Gasteiger partial charge in [-0.1, -0.05) is 17.7 Å². The predicted molar refractivity (Wildman–Crippen MR) is 94.5 cm³/mol. The van der Waals surface area contributed by atoms with Crippen molar-refractivity contribution in [1.82, 2.24) is 9.80 Å². The first-order valence-electron chi connectivity index (χ1n) is 8.77. The van der Waals surface area contributed by atoms with E-state index in [1.54, 1.807) is 6.07 Å². The molecule has 0 aromatic heterocycles. The summed E-state index contributed by atoms with van der Waals surface area (Å²) < 4.78 is 6.41. The molecule has 5 heteroatoms. The van der Waals surface area contributed by atoms with E-state index in [1.165, 1.54) is 0 Å². The van der Waals surface area contributed by atoms with Crippen molar-refractivity contribution in [2.24, 2.45) is 11.8 Å². The molecule has 0 unspecified atom stereocenters.